The normalized spacial score (nSPS) is 46.1. The number of hydrogen-bond acceptors (Lipinski definition) is 3. The summed E-state index contributed by atoms with van der Waals surface area (Å²) in [4.78, 5) is 23.2. The zero-order valence-electron chi connectivity index (χ0n) is 12.8. The van der Waals surface area contributed by atoms with E-state index in [1.165, 1.54) is 18.9 Å². The van der Waals surface area contributed by atoms with E-state index >= 15 is 0 Å². The summed E-state index contributed by atoms with van der Waals surface area (Å²) in [6.45, 7) is 8.52. The summed E-state index contributed by atoms with van der Waals surface area (Å²) in [5.74, 6) is 2.22. The predicted molar refractivity (Wildman–Crippen MR) is 75.9 cm³/mol. The molecule has 0 N–H and O–H groups in total. The van der Waals surface area contributed by atoms with Gasteiger partial charge >= 0.3 is 5.97 Å². The molecule has 3 heteroatoms. The molecule has 0 aromatic rings. The van der Waals surface area contributed by atoms with Crippen LogP contribution in [0.25, 0.3) is 0 Å². The third-order valence-corrected chi connectivity index (χ3v) is 6.07. The average Bonchev–Trinajstić information content (AvgIpc) is 2.90. The van der Waals surface area contributed by atoms with Crippen molar-refractivity contribution >= 4 is 11.8 Å². The number of carbonyl (C=O) groups is 2. The van der Waals surface area contributed by atoms with Crippen molar-refractivity contribution in [1.29, 1.82) is 0 Å². The van der Waals surface area contributed by atoms with E-state index in [4.69, 9.17) is 4.74 Å². The van der Waals surface area contributed by atoms with Crippen LogP contribution >= 0.6 is 0 Å². The van der Waals surface area contributed by atoms with Gasteiger partial charge in [0.15, 0.2) is 5.78 Å². The molecule has 2 saturated carbocycles. The smallest absolute Gasteiger partial charge is 0.302 e. The molecule has 20 heavy (non-hydrogen) atoms. The molecule has 6 atom stereocenters. The van der Waals surface area contributed by atoms with Gasteiger partial charge in [0.2, 0.25) is 0 Å². The van der Waals surface area contributed by atoms with Crippen molar-refractivity contribution in [1.82, 2.24) is 0 Å². The number of esters is 1. The Morgan fingerprint density at radius 3 is 2.75 bits per heavy atom. The molecule has 0 radical (unpaired) electrons. The second kappa shape index (κ2) is 4.44. The first-order valence-electron chi connectivity index (χ1n) is 7.75. The van der Waals surface area contributed by atoms with Gasteiger partial charge in [0.05, 0.1) is 6.61 Å². The maximum absolute atomic E-state index is 12.1. The fourth-order valence-corrected chi connectivity index (χ4v) is 4.77. The van der Waals surface area contributed by atoms with Crippen LogP contribution in [0.5, 0.6) is 0 Å². The third-order valence-electron chi connectivity index (χ3n) is 6.07. The lowest BCUT2D eigenvalue weighted by Gasteiger charge is -2.25. The zero-order chi connectivity index (χ0) is 14.7. The fourth-order valence-electron chi connectivity index (χ4n) is 4.77. The van der Waals surface area contributed by atoms with Crippen LogP contribution in [0.3, 0.4) is 0 Å². The Morgan fingerprint density at radius 1 is 1.40 bits per heavy atom. The predicted octanol–water partition coefficient (Wildman–Crippen LogP) is 2.99. The lowest BCUT2D eigenvalue weighted by molar-refractivity contribution is -0.143. The molecule has 0 aliphatic heterocycles. The summed E-state index contributed by atoms with van der Waals surface area (Å²) in [5.41, 5.74) is 1.44. The minimum absolute atomic E-state index is 0.0778. The SMILES string of the molecule is CC(=O)OCC1(C)C2CCC(C)C3=CC(=O)C(C)C3C21. The lowest BCUT2D eigenvalue weighted by atomic mass is 9.80. The highest BCUT2D eigenvalue weighted by Crippen LogP contribution is 2.69. The van der Waals surface area contributed by atoms with E-state index in [9.17, 15) is 9.59 Å². The van der Waals surface area contributed by atoms with Crippen molar-refractivity contribution in [3.8, 4) is 0 Å². The van der Waals surface area contributed by atoms with Gasteiger partial charge in [-0.15, -0.1) is 0 Å². The van der Waals surface area contributed by atoms with E-state index in [-0.39, 0.29) is 17.3 Å². The molecule has 2 fully saturated rings. The van der Waals surface area contributed by atoms with Gasteiger partial charge in [-0.1, -0.05) is 26.3 Å². The Bertz CT molecular complexity index is 492. The standard InChI is InChI=1S/C17H24O3/c1-9-5-6-13-16(17(13,4)8-20-11(3)18)15-10(2)14(19)7-12(9)15/h7,9-10,13,15-16H,5-6,8H2,1-4H3. The van der Waals surface area contributed by atoms with Crippen molar-refractivity contribution in [3.63, 3.8) is 0 Å². The lowest BCUT2D eigenvalue weighted by Crippen LogP contribution is -2.23. The first-order valence-corrected chi connectivity index (χ1v) is 7.75. The summed E-state index contributed by atoms with van der Waals surface area (Å²) in [5, 5.41) is 0. The molecule has 3 aliphatic rings. The van der Waals surface area contributed by atoms with E-state index in [1.54, 1.807) is 0 Å². The summed E-state index contributed by atoms with van der Waals surface area (Å²) in [7, 11) is 0. The van der Waals surface area contributed by atoms with Gasteiger partial charge in [-0.2, -0.15) is 0 Å². The van der Waals surface area contributed by atoms with Crippen molar-refractivity contribution in [2.24, 2.45) is 35.0 Å². The molecule has 3 nitrogen and oxygen atoms in total. The van der Waals surface area contributed by atoms with Crippen molar-refractivity contribution in [2.75, 3.05) is 6.61 Å². The van der Waals surface area contributed by atoms with E-state index in [0.717, 1.165) is 6.42 Å². The molecule has 0 aromatic carbocycles. The van der Waals surface area contributed by atoms with Gasteiger partial charge in [-0.05, 0) is 42.6 Å². The number of hydrogen-bond donors (Lipinski definition) is 0. The zero-order valence-corrected chi connectivity index (χ0v) is 12.8. The maximum Gasteiger partial charge on any atom is 0.302 e. The van der Waals surface area contributed by atoms with E-state index in [0.29, 0.717) is 36.1 Å². The van der Waals surface area contributed by atoms with Crippen molar-refractivity contribution in [3.05, 3.63) is 11.6 Å². The molecule has 0 spiro atoms. The van der Waals surface area contributed by atoms with Gasteiger partial charge in [0.25, 0.3) is 0 Å². The number of allylic oxidation sites excluding steroid dienone is 2. The summed E-state index contributed by atoms with van der Waals surface area (Å²) in [6.07, 6.45) is 4.25. The molecule has 6 unspecified atom stereocenters. The Labute approximate surface area is 120 Å². The van der Waals surface area contributed by atoms with Gasteiger partial charge in [-0.25, -0.2) is 0 Å². The van der Waals surface area contributed by atoms with Crippen LogP contribution < -0.4 is 0 Å². The second-order valence-electron chi connectivity index (χ2n) is 7.26. The van der Waals surface area contributed by atoms with E-state index < -0.39 is 0 Å². The summed E-state index contributed by atoms with van der Waals surface area (Å²) in [6, 6.07) is 0. The minimum atomic E-state index is -0.202. The van der Waals surface area contributed by atoms with Gasteiger partial charge in [-0.3, -0.25) is 9.59 Å². The number of ketones is 1. The largest absolute Gasteiger partial charge is 0.465 e. The maximum atomic E-state index is 12.1. The van der Waals surface area contributed by atoms with Crippen LogP contribution in [0.2, 0.25) is 0 Å². The van der Waals surface area contributed by atoms with Crippen molar-refractivity contribution < 1.29 is 14.3 Å². The molecule has 3 rings (SSSR count). The molecule has 0 heterocycles. The Hall–Kier alpha value is -1.12. The Balaban J connectivity index is 1.85. The molecular weight excluding hydrogens is 252 g/mol. The fraction of sp³-hybridized carbons (Fsp3) is 0.765. The molecule has 110 valence electrons. The molecule has 0 saturated heterocycles. The van der Waals surface area contributed by atoms with Crippen LogP contribution in [-0.4, -0.2) is 18.4 Å². The highest BCUT2D eigenvalue weighted by Gasteiger charge is 2.67. The van der Waals surface area contributed by atoms with Crippen LogP contribution in [0.1, 0.15) is 40.5 Å². The molecule has 3 aliphatic carbocycles. The highest BCUT2D eigenvalue weighted by molar-refractivity contribution is 5.95. The highest BCUT2D eigenvalue weighted by atomic mass is 16.5. The van der Waals surface area contributed by atoms with Crippen LogP contribution in [-0.2, 0) is 14.3 Å². The quantitative estimate of drug-likeness (QED) is 0.728. The number of ether oxygens (including phenoxy) is 1. The Morgan fingerprint density at radius 2 is 2.10 bits per heavy atom. The first kappa shape index (κ1) is 13.8. The van der Waals surface area contributed by atoms with E-state index in [2.05, 4.69) is 20.8 Å². The summed E-state index contributed by atoms with van der Waals surface area (Å²) < 4.78 is 5.30. The van der Waals surface area contributed by atoms with E-state index in [1.807, 2.05) is 6.08 Å². The average molecular weight is 276 g/mol. The molecule has 0 bridgehead atoms. The second-order valence-corrected chi connectivity index (χ2v) is 7.26. The molecule has 0 aromatic heterocycles. The monoisotopic (exact) mass is 276 g/mol. The minimum Gasteiger partial charge on any atom is -0.465 e. The van der Waals surface area contributed by atoms with Crippen LogP contribution in [0.4, 0.5) is 0 Å². The number of rotatable bonds is 2. The summed E-state index contributed by atoms with van der Waals surface area (Å²) >= 11 is 0. The number of fused-ring (bicyclic) bond motifs is 3. The number of carbonyl (C=O) groups excluding carboxylic acids is 2. The van der Waals surface area contributed by atoms with Crippen LogP contribution in [0, 0.1) is 35.0 Å². The van der Waals surface area contributed by atoms with Gasteiger partial charge in [0.1, 0.15) is 0 Å². The Kier molecular flexibility index (Phi) is 3.07. The molecule has 0 amide bonds. The van der Waals surface area contributed by atoms with Crippen molar-refractivity contribution in [2.45, 2.75) is 40.5 Å². The molecular formula is C17H24O3. The third kappa shape index (κ3) is 1.86. The van der Waals surface area contributed by atoms with Gasteiger partial charge in [0, 0.05) is 18.3 Å². The first-order chi connectivity index (χ1) is 9.36. The topological polar surface area (TPSA) is 43.4 Å². The van der Waals surface area contributed by atoms with Crippen LogP contribution in [0.15, 0.2) is 11.6 Å². The van der Waals surface area contributed by atoms with Gasteiger partial charge < -0.3 is 4.74 Å².